The Morgan fingerprint density at radius 1 is 1.05 bits per heavy atom. The molecule has 37 heavy (non-hydrogen) atoms. The lowest BCUT2D eigenvalue weighted by atomic mass is 10.0. The van der Waals surface area contributed by atoms with Crippen LogP contribution < -0.4 is 9.64 Å². The van der Waals surface area contributed by atoms with Crippen LogP contribution in [0, 0.1) is 22.9 Å². The number of hydrogen-bond donors (Lipinski definition) is 0. The van der Waals surface area contributed by atoms with Crippen molar-refractivity contribution in [3.05, 3.63) is 80.8 Å². The van der Waals surface area contributed by atoms with Gasteiger partial charge in [-0.1, -0.05) is 6.07 Å². The second-order valence-corrected chi connectivity index (χ2v) is 9.34. The van der Waals surface area contributed by atoms with Gasteiger partial charge >= 0.3 is 0 Å². The van der Waals surface area contributed by atoms with Crippen molar-refractivity contribution in [3.8, 4) is 11.6 Å². The smallest absolute Gasteiger partial charge is 0.273 e. The normalized spacial score (nSPS) is 15.9. The summed E-state index contributed by atoms with van der Waals surface area (Å²) in [6.07, 6.45) is 0.484. The summed E-state index contributed by atoms with van der Waals surface area (Å²) in [6.45, 7) is 5.57. The van der Waals surface area contributed by atoms with E-state index in [0.717, 1.165) is 31.9 Å². The number of nitro benzene ring substituents is 1. The predicted octanol–water partition coefficient (Wildman–Crippen LogP) is 3.57. The SMILES string of the molecule is Cc1ccc(C(=O)N2CCc3nc(N4CCN(C)CC4)nc(Oc4ccc(F)cc4)c3C2)cc1[N+](=O)[O-]. The maximum atomic E-state index is 13.5. The number of fused-ring (bicyclic) bond motifs is 1. The van der Waals surface area contributed by atoms with Gasteiger partial charge in [0.15, 0.2) is 0 Å². The molecule has 5 rings (SSSR count). The van der Waals surface area contributed by atoms with Crippen LogP contribution in [0.2, 0.25) is 0 Å². The number of ether oxygens (including phenoxy) is 1. The second-order valence-electron chi connectivity index (χ2n) is 9.34. The van der Waals surface area contributed by atoms with Crippen LogP contribution in [0.4, 0.5) is 16.0 Å². The summed E-state index contributed by atoms with van der Waals surface area (Å²) in [5.41, 5.74) is 2.11. The van der Waals surface area contributed by atoms with Gasteiger partial charge in [0.25, 0.3) is 11.6 Å². The number of halogens is 1. The third-order valence-corrected chi connectivity index (χ3v) is 6.76. The molecule has 1 aromatic heterocycles. The summed E-state index contributed by atoms with van der Waals surface area (Å²) in [4.78, 5) is 39.7. The van der Waals surface area contributed by atoms with Gasteiger partial charge in [-0.3, -0.25) is 14.9 Å². The first-order valence-electron chi connectivity index (χ1n) is 12.1. The molecule has 1 saturated heterocycles. The Morgan fingerprint density at radius 2 is 1.78 bits per heavy atom. The lowest BCUT2D eigenvalue weighted by molar-refractivity contribution is -0.385. The Balaban J connectivity index is 1.47. The predicted molar refractivity (Wildman–Crippen MR) is 134 cm³/mol. The molecule has 0 bridgehead atoms. The fourth-order valence-electron chi connectivity index (χ4n) is 4.51. The van der Waals surface area contributed by atoms with E-state index in [2.05, 4.69) is 16.8 Å². The highest BCUT2D eigenvalue weighted by Crippen LogP contribution is 2.32. The zero-order chi connectivity index (χ0) is 26.1. The maximum absolute atomic E-state index is 13.5. The summed E-state index contributed by atoms with van der Waals surface area (Å²) in [7, 11) is 2.07. The van der Waals surface area contributed by atoms with Crippen molar-refractivity contribution in [2.24, 2.45) is 0 Å². The summed E-state index contributed by atoms with van der Waals surface area (Å²) in [5, 5.41) is 11.4. The van der Waals surface area contributed by atoms with Crippen LogP contribution in [0.3, 0.4) is 0 Å². The van der Waals surface area contributed by atoms with Crippen LogP contribution >= 0.6 is 0 Å². The Hall–Kier alpha value is -4.12. The molecule has 0 spiro atoms. The number of rotatable bonds is 5. The fraction of sp³-hybridized carbons (Fsp3) is 0.346. The average Bonchev–Trinajstić information content (AvgIpc) is 2.90. The summed E-state index contributed by atoms with van der Waals surface area (Å²) in [6, 6.07) is 10.2. The molecule has 2 aliphatic rings. The minimum absolute atomic E-state index is 0.0938. The Kier molecular flexibility index (Phi) is 6.70. The van der Waals surface area contributed by atoms with Crippen molar-refractivity contribution >= 4 is 17.5 Å². The number of aryl methyl sites for hydroxylation is 1. The quantitative estimate of drug-likeness (QED) is 0.382. The maximum Gasteiger partial charge on any atom is 0.273 e. The van der Waals surface area contributed by atoms with Crippen LogP contribution in [-0.2, 0) is 13.0 Å². The molecule has 1 amide bonds. The molecule has 0 radical (unpaired) electrons. The molecule has 2 aromatic carbocycles. The monoisotopic (exact) mass is 506 g/mol. The van der Waals surface area contributed by atoms with Gasteiger partial charge in [-0.05, 0) is 44.3 Å². The van der Waals surface area contributed by atoms with Gasteiger partial charge in [-0.25, -0.2) is 9.37 Å². The molecule has 10 nitrogen and oxygen atoms in total. The largest absolute Gasteiger partial charge is 0.438 e. The third-order valence-electron chi connectivity index (χ3n) is 6.76. The number of nitrogens with zero attached hydrogens (tertiary/aromatic N) is 6. The van der Waals surface area contributed by atoms with E-state index < -0.39 is 4.92 Å². The van der Waals surface area contributed by atoms with E-state index in [1.807, 2.05) is 0 Å². The highest BCUT2D eigenvalue weighted by molar-refractivity contribution is 5.95. The van der Waals surface area contributed by atoms with Gasteiger partial charge in [0.05, 0.1) is 22.7 Å². The van der Waals surface area contributed by atoms with Crippen LogP contribution in [0.1, 0.15) is 27.2 Å². The van der Waals surface area contributed by atoms with E-state index in [1.54, 1.807) is 24.0 Å². The van der Waals surface area contributed by atoms with Crippen molar-refractivity contribution in [2.45, 2.75) is 19.9 Å². The van der Waals surface area contributed by atoms with Gasteiger partial charge in [0.1, 0.15) is 11.6 Å². The summed E-state index contributed by atoms with van der Waals surface area (Å²) < 4.78 is 19.6. The number of carbonyl (C=O) groups excluding carboxylic acids is 1. The van der Waals surface area contributed by atoms with E-state index in [9.17, 15) is 19.3 Å². The third kappa shape index (κ3) is 5.21. The molecule has 0 atom stereocenters. The number of benzene rings is 2. The Labute approximate surface area is 213 Å². The number of aromatic nitrogens is 2. The van der Waals surface area contributed by atoms with Gasteiger partial charge in [-0.2, -0.15) is 4.98 Å². The van der Waals surface area contributed by atoms with Gasteiger partial charge in [0, 0.05) is 56.3 Å². The van der Waals surface area contributed by atoms with Gasteiger partial charge < -0.3 is 19.4 Å². The molecule has 0 aliphatic carbocycles. The number of hydrogen-bond acceptors (Lipinski definition) is 8. The molecule has 1 fully saturated rings. The zero-order valence-corrected chi connectivity index (χ0v) is 20.7. The number of carbonyl (C=O) groups is 1. The molecule has 0 unspecified atom stereocenters. The Bertz CT molecular complexity index is 1340. The number of piperazine rings is 1. The minimum Gasteiger partial charge on any atom is -0.438 e. The fourth-order valence-corrected chi connectivity index (χ4v) is 4.51. The Morgan fingerprint density at radius 3 is 2.49 bits per heavy atom. The van der Waals surface area contributed by atoms with E-state index in [4.69, 9.17) is 14.7 Å². The molecule has 0 saturated carbocycles. The molecular weight excluding hydrogens is 479 g/mol. The molecule has 192 valence electrons. The minimum atomic E-state index is -0.486. The highest BCUT2D eigenvalue weighted by atomic mass is 19.1. The number of nitro groups is 1. The van der Waals surface area contributed by atoms with Gasteiger partial charge in [-0.15, -0.1) is 0 Å². The zero-order valence-electron chi connectivity index (χ0n) is 20.7. The van der Waals surface area contributed by atoms with Gasteiger partial charge in [0.2, 0.25) is 11.8 Å². The topological polar surface area (TPSA) is 105 Å². The number of anilines is 1. The molecule has 0 N–H and O–H groups in total. The summed E-state index contributed by atoms with van der Waals surface area (Å²) >= 11 is 0. The lowest BCUT2D eigenvalue weighted by Crippen LogP contribution is -2.45. The lowest BCUT2D eigenvalue weighted by Gasteiger charge is -2.34. The van der Waals surface area contributed by atoms with Crippen LogP contribution in [-0.4, -0.2) is 70.4 Å². The van der Waals surface area contributed by atoms with E-state index in [-0.39, 0.29) is 29.5 Å². The molecule has 3 aromatic rings. The molecular formula is C26H27FN6O4. The molecule has 2 aliphatic heterocycles. The number of likely N-dealkylation sites (N-methyl/N-ethyl adjacent to an activating group) is 1. The van der Waals surface area contributed by atoms with Crippen molar-refractivity contribution in [1.82, 2.24) is 19.8 Å². The van der Waals surface area contributed by atoms with E-state index in [1.165, 1.54) is 30.3 Å². The van der Waals surface area contributed by atoms with E-state index in [0.29, 0.717) is 41.7 Å². The van der Waals surface area contributed by atoms with Crippen LogP contribution in [0.5, 0.6) is 11.6 Å². The first-order chi connectivity index (χ1) is 17.8. The molecule has 11 heteroatoms. The van der Waals surface area contributed by atoms with Crippen molar-refractivity contribution in [1.29, 1.82) is 0 Å². The second kappa shape index (κ2) is 10.1. The highest BCUT2D eigenvalue weighted by Gasteiger charge is 2.29. The molecule has 3 heterocycles. The number of amides is 1. The standard InChI is InChI=1S/C26H27FN6O4/c1-17-3-4-18(15-23(17)33(35)36)25(34)32-10-9-22-21(16-32)24(37-20-7-5-19(27)6-8-20)29-26(28-22)31-13-11-30(2)12-14-31/h3-8,15H,9-14,16H2,1-2H3. The van der Waals surface area contributed by atoms with Crippen LogP contribution in [0.25, 0.3) is 0 Å². The average molecular weight is 507 g/mol. The van der Waals surface area contributed by atoms with Crippen molar-refractivity contribution in [3.63, 3.8) is 0 Å². The first-order valence-corrected chi connectivity index (χ1v) is 12.1. The van der Waals surface area contributed by atoms with E-state index >= 15 is 0 Å². The van der Waals surface area contributed by atoms with Crippen molar-refractivity contribution < 1.29 is 18.8 Å². The van der Waals surface area contributed by atoms with Crippen LogP contribution in [0.15, 0.2) is 42.5 Å². The van der Waals surface area contributed by atoms with Crippen molar-refractivity contribution in [2.75, 3.05) is 44.7 Å². The first kappa shape index (κ1) is 24.6. The summed E-state index contributed by atoms with van der Waals surface area (Å²) in [5.74, 6) is 0.615.